The average molecular weight is 409 g/mol. The maximum absolute atomic E-state index is 13.2. The van der Waals surface area contributed by atoms with E-state index in [0.717, 1.165) is 18.7 Å². The SMILES string of the molecule is COc1ccc(C=C(NC(=O)c2ccccc2)C(=O)N2CCN(C)CC2)cc1OC. The number of benzene rings is 2. The molecule has 0 aliphatic carbocycles. The third-order valence-corrected chi connectivity index (χ3v) is 5.02. The van der Waals surface area contributed by atoms with Crippen LogP contribution in [0.5, 0.6) is 11.5 Å². The first-order valence-electron chi connectivity index (χ1n) is 9.79. The summed E-state index contributed by atoms with van der Waals surface area (Å²) in [5, 5.41) is 2.80. The third kappa shape index (κ3) is 5.18. The molecule has 158 valence electrons. The van der Waals surface area contributed by atoms with Gasteiger partial charge in [-0.15, -0.1) is 0 Å². The van der Waals surface area contributed by atoms with Gasteiger partial charge in [-0.3, -0.25) is 9.59 Å². The molecule has 0 saturated carbocycles. The summed E-state index contributed by atoms with van der Waals surface area (Å²) in [4.78, 5) is 29.9. The van der Waals surface area contributed by atoms with E-state index in [2.05, 4.69) is 10.2 Å². The Kier molecular flexibility index (Phi) is 7.08. The zero-order chi connectivity index (χ0) is 21.5. The molecule has 2 aromatic rings. The minimum atomic E-state index is -0.329. The Morgan fingerprint density at radius 1 is 0.933 bits per heavy atom. The normalized spacial score (nSPS) is 14.9. The summed E-state index contributed by atoms with van der Waals surface area (Å²) in [7, 11) is 5.15. The number of hydrogen-bond acceptors (Lipinski definition) is 5. The van der Waals surface area contributed by atoms with Crippen LogP contribution in [0.3, 0.4) is 0 Å². The standard InChI is InChI=1S/C23H27N3O4/c1-25-11-13-26(14-12-25)23(28)19(24-22(27)18-7-5-4-6-8-18)15-17-9-10-20(29-2)21(16-17)30-3/h4-10,15-16H,11-14H2,1-3H3,(H,24,27). The van der Waals surface area contributed by atoms with Crippen LogP contribution in [-0.4, -0.2) is 69.1 Å². The van der Waals surface area contributed by atoms with Crippen molar-refractivity contribution in [1.82, 2.24) is 15.1 Å². The zero-order valence-electron chi connectivity index (χ0n) is 17.6. The van der Waals surface area contributed by atoms with E-state index in [1.807, 2.05) is 19.2 Å². The molecule has 2 amide bonds. The van der Waals surface area contributed by atoms with Crippen molar-refractivity contribution >= 4 is 17.9 Å². The predicted molar refractivity (Wildman–Crippen MR) is 116 cm³/mol. The van der Waals surface area contributed by atoms with Gasteiger partial charge in [0, 0.05) is 31.7 Å². The van der Waals surface area contributed by atoms with Crippen molar-refractivity contribution in [3.05, 3.63) is 65.4 Å². The molecule has 0 radical (unpaired) electrons. The average Bonchev–Trinajstić information content (AvgIpc) is 2.79. The summed E-state index contributed by atoms with van der Waals surface area (Å²) in [6.07, 6.45) is 1.67. The summed E-state index contributed by atoms with van der Waals surface area (Å²) in [5.74, 6) is 0.605. The number of likely N-dealkylation sites (N-methyl/N-ethyl adjacent to an activating group) is 1. The first kappa shape index (κ1) is 21.4. The first-order valence-corrected chi connectivity index (χ1v) is 9.79. The smallest absolute Gasteiger partial charge is 0.270 e. The van der Waals surface area contributed by atoms with Crippen LogP contribution in [0.4, 0.5) is 0 Å². The van der Waals surface area contributed by atoms with E-state index in [0.29, 0.717) is 30.2 Å². The van der Waals surface area contributed by atoms with Crippen LogP contribution in [0.25, 0.3) is 6.08 Å². The number of rotatable bonds is 6. The van der Waals surface area contributed by atoms with Crippen molar-refractivity contribution in [1.29, 1.82) is 0 Å². The molecule has 1 N–H and O–H groups in total. The zero-order valence-corrected chi connectivity index (χ0v) is 17.6. The maximum Gasteiger partial charge on any atom is 0.270 e. The Labute approximate surface area is 176 Å². The molecule has 2 aromatic carbocycles. The Hall–Kier alpha value is -3.32. The topological polar surface area (TPSA) is 71.1 Å². The molecule has 30 heavy (non-hydrogen) atoms. The number of carbonyl (C=O) groups excluding carboxylic acids is 2. The highest BCUT2D eigenvalue weighted by molar-refractivity contribution is 6.05. The lowest BCUT2D eigenvalue weighted by Crippen LogP contribution is -2.49. The van der Waals surface area contributed by atoms with Gasteiger partial charge in [0.1, 0.15) is 5.70 Å². The summed E-state index contributed by atoms with van der Waals surface area (Å²) < 4.78 is 10.6. The third-order valence-electron chi connectivity index (χ3n) is 5.02. The van der Waals surface area contributed by atoms with E-state index >= 15 is 0 Å². The van der Waals surface area contributed by atoms with Crippen molar-refractivity contribution in [3.63, 3.8) is 0 Å². The molecule has 0 unspecified atom stereocenters. The van der Waals surface area contributed by atoms with Gasteiger partial charge in [-0.1, -0.05) is 24.3 Å². The van der Waals surface area contributed by atoms with Crippen LogP contribution in [0.1, 0.15) is 15.9 Å². The Balaban J connectivity index is 1.91. The monoisotopic (exact) mass is 409 g/mol. The minimum absolute atomic E-state index is 0.206. The van der Waals surface area contributed by atoms with E-state index in [4.69, 9.17) is 9.47 Å². The number of nitrogens with one attached hydrogen (secondary N) is 1. The number of hydrogen-bond donors (Lipinski definition) is 1. The second-order valence-corrected chi connectivity index (χ2v) is 7.09. The summed E-state index contributed by atoms with van der Waals surface area (Å²) in [6.45, 7) is 2.81. The van der Waals surface area contributed by atoms with E-state index in [1.165, 1.54) is 0 Å². The fraction of sp³-hybridized carbons (Fsp3) is 0.304. The second-order valence-electron chi connectivity index (χ2n) is 7.09. The molecular weight excluding hydrogens is 382 g/mol. The quantitative estimate of drug-likeness (QED) is 0.741. The van der Waals surface area contributed by atoms with Crippen molar-refractivity contribution in [2.45, 2.75) is 0 Å². The number of methoxy groups -OCH3 is 2. The van der Waals surface area contributed by atoms with E-state index in [9.17, 15) is 9.59 Å². The molecule has 1 heterocycles. The molecule has 7 heteroatoms. The van der Waals surface area contributed by atoms with Gasteiger partial charge in [-0.05, 0) is 43.0 Å². The van der Waals surface area contributed by atoms with Gasteiger partial charge in [0.15, 0.2) is 11.5 Å². The number of ether oxygens (including phenoxy) is 2. The van der Waals surface area contributed by atoms with Gasteiger partial charge >= 0.3 is 0 Å². The van der Waals surface area contributed by atoms with Crippen molar-refractivity contribution < 1.29 is 19.1 Å². The van der Waals surface area contributed by atoms with Crippen molar-refractivity contribution in [3.8, 4) is 11.5 Å². The second kappa shape index (κ2) is 9.93. The highest BCUT2D eigenvalue weighted by Gasteiger charge is 2.24. The molecular formula is C23H27N3O4. The fourth-order valence-corrected chi connectivity index (χ4v) is 3.22. The van der Waals surface area contributed by atoms with Gasteiger partial charge in [0.25, 0.3) is 11.8 Å². The maximum atomic E-state index is 13.2. The predicted octanol–water partition coefficient (Wildman–Crippen LogP) is 2.25. The molecule has 0 bridgehead atoms. The summed E-state index contributed by atoms with van der Waals surface area (Å²) in [6, 6.07) is 14.2. The lowest BCUT2D eigenvalue weighted by Gasteiger charge is -2.33. The van der Waals surface area contributed by atoms with E-state index < -0.39 is 0 Å². The van der Waals surface area contributed by atoms with Crippen molar-refractivity contribution in [2.24, 2.45) is 0 Å². The highest BCUT2D eigenvalue weighted by atomic mass is 16.5. The number of nitrogens with zero attached hydrogens (tertiary/aromatic N) is 2. The van der Waals surface area contributed by atoms with E-state index in [1.54, 1.807) is 61.6 Å². The van der Waals surface area contributed by atoms with Crippen LogP contribution < -0.4 is 14.8 Å². The summed E-state index contributed by atoms with van der Waals surface area (Å²) in [5.41, 5.74) is 1.43. The van der Waals surface area contributed by atoms with Crippen LogP contribution >= 0.6 is 0 Å². The van der Waals surface area contributed by atoms with Gasteiger partial charge < -0.3 is 24.6 Å². The lowest BCUT2D eigenvalue weighted by atomic mass is 10.1. The van der Waals surface area contributed by atoms with E-state index in [-0.39, 0.29) is 17.5 Å². The first-order chi connectivity index (χ1) is 14.5. The molecule has 0 spiro atoms. The largest absolute Gasteiger partial charge is 0.493 e. The molecule has 1 saturated heterocycles. The van der Waals surface area contributed by atoms with Crippen LogP contribution in [-0.2, 0) is 4.79 Å². The van der Waals surface area contributed by atoms with Gasteiger partial charge in [-0.25, -0.2) is 0 Å². The van der Waals surface area contributed by atoms with Crippen LogP contribution in [0.2, 0.25) is 0 Å². The molecule has 0 aromatic heterocycles. The van der Waals surface area contributed by atoms with Crippen molar-refractivity contribution in [2.75, 3.05) is 47.4 Å². The Morgan fingerprint density at radius 2 is 1.60 bits per heavy atom. The Bertz CT molecular complexity index is 919. The number of carbonyl (C=O) groups is 2. The molecule has 7 nitrogen and oxygen atoms in total. The Morgan fingerprint density at radius 3 is 2.23 bits per heavy atom. The van der Waals surface area contributed by atoms with Crippen LogP contribution in [0.15, 0.2) is 54.2 Å². The lowest BCUT2D eigenvalue weighted by molar-refractivity contribution is -0.128. The van der Waals surface area contributed by atoms with Crippen LogP contribution in [0, 0.1) is 0 Å². The molecule has 3 rings (SSSR count). The van der Waals surface area contributed by atoms with Gasteiger partial charge in [0.05, 0.1) is 14.2 Å². The minimum Gasteiger partial charge on any atom is -0.493 e. The van der Waals surface area contributed by atoms with Gasteiger partial charge in [0.2, 0.25) is 0 Å². The molecule has 1 aliphatic heterocycles. The summed E-state index contributed by atoms with van der Waals surface area (Å²) >= 11 is 0. The fourth-order valence-electron chi connectivity index (χ4n) is 3.22. The number of piperazine rings is 1. The molecule has 1 aliphatic rings. The number of amides is 2. The highest BCUT2D eigenvalue weighted by Crippen LogP contribution is 2.28. The molecule has 1 fully saturated rings. The molecule has 0 atom stereocenters. The van der Waals surface area contributed by atoms with Gasteiger partial charge in [-0.2, -0.15) is 0 Å².